The van der Waals surface area contributed by atoms with E-state index in [0.717, 1.165) is 45.2 Å². The Kier molecular flexibility index (Phi) is 4.69. The number of thiophene rings is 1. The molecule has 0 saturated carbocycles. The summed E-state index contributed by atoms with van der Waals surface area (Å²) in [5.41, 5.74) is 0.0935. The minimum atomic E-state index is 0.0935. The lowest BCUT2D eigenvalue weighted by Gasteiger charge is -2.36. The molecule has 0 spiro atoms. The van der Waals surface area contributed by atoms with Gasteiger partial charge in [-0.1, -0.05) is 13.8 Å². The summed E-state index contributed by atoms with van der Waals surface area (Å²) in [5, 5.41) is 9.86. The van der Waals surface area contributed by atoms with Crippen LogP contribution in [-0.2, 0) is 17.7 Å². The molecule has 2 atom stereocenters. The van der Waals surface area contributed by atoms with Crippen molar-refractivity contribution in [2.24, 2.45) is 17.3 Å². The fourth-order valence-electron chi connectivity index (χ4n) is 3.78. The molecule has 0 unspecified atom stereocenters. The monoisotopic (exact) mass is 309 g/mol. The van der Waals surface area contributed by atoms with Crippen LogP contribution in [0.5, 0.6) is 0 Å². The van der Waals surface area contributed by atoms with Crippen molar-refractivity contribution in [3.63, 3.8) is 0 Å². The van der Waals surface area contributed by atoms with Crippen LogP contribution in [0.4, 0.5) is 0 Å². The van der Waals surface area contributed by atoms with Gasteiger partial charge in [0.1, 0.15) is 0 Å². The number of hydrogen-bond acceptors (Lipinski definition) is 4. The zero-order valence-corrected chi connectivity index (χ0v) is 14.0. The lowest BCUT2D eigenvalue weighted by atomic mass is 9.75. The van der Waals surface area contributed by atoms with Crippen molar-refractivity contribution in [3.05, 3.63) is 21.9 Å². The highest BCUT2D eigenvalue weighted by Gasteiger charge is 2.47. The number of fused-ring (bicyclic) bond motifs is 1. The second kappa shape index (κ2) is 6.37. The highest BCUT2D eigenvalue weighted by atomic mass is 32.1. The van der Waals surface area contributed by atoms with Gasteiger partial charge >= 0.3 is 0 Å². The molecule has 4 heteroatoms. The summed E-state index contributed by atoms with van der Waals surface area (Å²) in [6.45, 7) is 9.60. The molecular weight excluding hydrogens is 282 g/mol. The van der Waals surface area contributed by atoms with E-state index in [9.17, 15) is 5.11 Å². The van der Waals surface area contributed by atoms with E-state index < -0.39 is 0 Å². The van der Waals surface area contributed by atoms with Gasteiger partial charge in [0.05, 0.1) is 13.2 Å². The maximum Gasteiger partial charge on any atom is 0.0513 e. The zero-order valence-electron chi connectivity index (χ0n) is 13.2. The quantitative estimate of drug-likeness (QED) is 0.908. The van der Waals surface area contributed by atoms with Crippen molar-refractivity contribution in [2.75, 3.05) is 32.9 Å². The standard InChI is InChI=1S/C17H27NO2S/c1-13(2)7-15-3-4-16(21-15)9-18-8-14-10-20-6-5-17(14,11-18)12-19/h3-4,13-14,19H,5-12H2,1-2H3/t14-,17-/m1/s1. The average molecular weight is 309 g/mol. The van der Waals surface area contributed by atoms with Crippen LogP contribution in [0.2, 0.25) is 0 Å². The van der Waals surface area contributed by atoms with Gasteiger partial charge in [-0.15, -0.1) is 11.3 Å². The van der Waals surface area contributed by atoms with Crippen LogP contribution < -0.4 is 0 Å². The smallest absolute Gasteiger partial charge is 0.0513 e. The third-order valence-corrected chi connectivity index (χ3v) is 6.06. The third kappa shape index (κ3) is 3.34. The molecule has 3 heterocycles. The molecule has 1 N–H and O–H groups in total. The van der Waals surface area contributed by atoms with Gasteiger partial charge in [0.25, 0.3) is 0 Å². The van der Waals surface area contributed by atoms with Crippen molar-refractivity contribution in [1.82, 2.24) is 4.90 Å². The molecule has 118 valence electrons. The Hall–Kier alpha value is -0.420. The molecule has 0 radical (unpaired) electrons. The van der Waals surface area contributed by atoms with Gasteiger partial charge in [0.2, 0.25) is 0 Å². The van der Waals surface area contributed by atoms with Crippen molar-refractivity contribution in [3.8, 4) is 0 Å². The van der Waals surface area contributed by atoms with Gasteiger partial charge in [0, 0.05) is 47.3 Å². The summed E-state index contributed by atoms with van der Waals surface area (Å²) in [6, 6.07) is 4.57. The normalized spacial score (nSPS) is 30.0. The topological polar surface area (TPSA) is 32.7 Å². The molecular formula is C17H27NO2S. The van der Waals surface area contributed by atoms with Gasteiger partial charge in [-0.2, -0.15) is 0 Å². The van der Waals surface area contributed by atoms with Gasteiger partial charge < -0.3 is 9.84 Å². The largest absolute Gasteiger partial charge is 0.396 e. The lowest BCUT2D eigenvalue weighted by molar-refractivity contribution is -0.0417. The van der Waals surface area contributed by atoms with E-state index in [4.69, 9.17) is 4.74 Å². The number of aliphatic hydroxyl groups is 1. The van der Waals surface area contributed by atoms with E-state index in [0.29, 0.717) is 12.5 Å². The summed E-state index contributed by atoms with van der Waals surface area (Å²) in [7, 11) is 0. The van der Waals surface area contributed by atoms with E-state index in [1.54, 1.807) is 0 Å². The molecule has 1 aromatic rings. The average Bonchev–Trinajstić information content (AvgIpc) is 3.02. The van der Waals surface area contributed by atoms with Crippen molar-refractivity contribution in [2.45, 2.75) is 33.2 Å². The first-order valence-electron chi connectivity index (χ1n) is 8.10. The first kappa shape index (κ1) is 15.5. The number of ether oxygens (including phenoxy) is 1. The van der Waals surface area contributed by atoms with Crippen LogP contribution in [0.1, 0.15) is 30.0 Å². The van der Waals surface area contributed by atoms with E-state index >= 15 is 0 Å². The number of rotatable bonds is 5. The molecule has 21 heavy (non-hydrogen) atoms. The second-order valence-corrected chi connectivity index (χ2v) is 8.43. The zero-order chi connectivity index (χ0) is 14.9. The molecule has 0 amide bonds. The Bertz CT molecular complexity index is 473. The first-order valence-corrected chi connectivity index (χ1v) is 8.91. The minimum absolute atomic E-state index is 0.0935. The molecule has 0 aliphatic carbocycles. The molecule has 2 fully saturated rings. The molecule has 0 aromatic carbocycles. The van der Waals surface area contributed by atoms with E-state index in [2.05, 4.69) is 30.9 Å². The fourth-order valence-corrected chi connectivity index (χ4v) is 5.05. The van der Waals surface area contributed by atoms with E-state index in [1.807, 2.05) is 11.3 Å². The molecule has 3 nitrogen and oxygen atoms in total. The molecule has 1 aromatic heterocycles. The third-order valence-electron chi connectivity index (χ3n) is 4.97. The minimum Gasteiger partial charge on any atom is -0.396 e. The maximum atomic E-state index is 9.86. The Morgan fingerprint density at radius 3 is 2.95 bits per heavy atom. The summed E-state index contributed by atoms with van der Waals surface area (Å²) in [5.74, 6) is 1.23. The highest BCUT2D eigenvalue weighted by molar-refractivity contribution is 7.11. The van der Waals surface area contributed by atoms with Crippen LogP contribution in [0, 0.1) is 17.3 Å². The van der Waals surface area contributed by atoms with Crippen LogP contribution in [-0.4, -0.2) is 42.9 Å². The number of hydrogen-bond donors (Lipinski definition) is 1. The summed E-state index contributed by atoms with van der Waals surface area (Å²) >= 11 is 1.95. The highest BCUT2D eigenvalue weighted by Crippen LogP contribution is 2.42. The lowest BCUT2D eigenvalue weighted by Crippen LogP contribution is -2.41. The van der Waals surface area contributed by atoms with Gasteiger partial charge in [0.15, 0.2) is 0 Å². The number of nitrogens with zero attached hydrogens (tertiary/aromatic N) is 1. The molecule has 2 saturated heterocycles. The predicted octanol–water partition coefficient (Wildman–Crippen LogP) is 2.78. The molecule has 2 aliphatic heterocycles. The molecule has 2 aliphatic rings. The van der Waals surface area contributed by atoms with E-state index in [-0.39, 0.29) is 5.41 Å². The number of aliphatic hydroxyl groups excluding tert-OH is 1. The van der Waals surface area contributed by atoms with Gasteiger partial charge in [-0.05, 0) is 30.9 Å². The fraction of sp³-hybridized carbons (Fsp3) is 0.765. The number of likely N-dealkylation sites (tertiary alicyclic amines) is 1. The SMILES string of the molecule is CC(C)Cc1ccc(CN2C[C@@H]3COCC[C@]3(CO)C2)s1. The Morgan fingerprint density at radius 2 is 2.24 bits per heavy atom. The Balaban J connectivity index is 1.62. The summed E-state index contributed by atoms with van der Waals surface area (Å²) in [6.07, 6.45) is 2.19. The van der Waals surface area contributed by atoms with Crippen LogP contribution in [0.25, 0.3) is 0 Å². The second-order valence-electron chi connectivity index (χ2n) is 7.18. The van der Waals surface area contributed by atoms with Gasteiger partial charge in [-0.25, -0.2) is 0 Å². The Labute approximate surface area is 131 Å². The van der Waals surface area contributed by atoms with Crippen LogP contribution in [0.3, 0.4) is 0 Å². The van der Waals surface area contributed by atoms with Crippen molar-refractivity contribution in [1.29, 1.82) is 0 Å². The van der Waals surface area contributed by atoms with Crippen LogP contribution >= 0.6 is 11.3 Å². The van der Waals surface area contributed by atoms with E-state index in [1.165, 1.54) is 16.2 Å². The van der Waals surface area contributed by atoms with Crippen LogP contribution in [0.15, 0.2) is 12.1 Å². The maximum absolute atomic E-state index is 9.86. The Morgan fingerprint density at radius 1 is 1.43 bits per heavy atom. The predicted molar refractivity (Wildman–Crippen MR) is 86.6 cm³/mol. The molecule has 3 rings (SSSR count). The van der Waals surface area contributed by atoms with Crippen molar-refractivity contribution >= 4 is 11.3 Å². The van der Waals surface area contributed by atoms with Gasteiger partial charge in [-0.3, -0.25) is 4.90 Å². The van der Waals surface area contributed by atoms with Crippen molar-refractivity contribution < 1.29 is 9.84 Å². The first-order chi connectivity index (χ1) is 10.1. The molecule has 0 bridgehead atoms. The summed E-state index contributed by atoms with van der Waals surface area (Å²) in [4.78, 5) is 5.47. The summed E-state index contributed by atoms with van der Waals surface area (Å²) < 4.78 is 5.62.